The molecule has 0 aromatic heterocycles. The van der Waals surface area contributed by atoms with Crippen LogP contribution in [0.2, 0.25) is 0 Å². The summed E-state index contributed by atoms with van der Waals surface area (Å²) in [5, 5.41) is 42.8. The van der Waals surface area contributed by atoms with Crippen molar-refractivity contribution in [3.8, 4) is 0 Å². The standard InChI is InChI=1S/C45H56N2O14/c1-23-28(59-39(54)33(51)32(26-16-12-10-13-17-26)46-40(55)47-41(4,5)6)21-45(56)37(60-38(53)27-18-14-11-15-19-27)35-43(9,29(50)20-30-44(35,22-57-30)61-25(3)49)36(52)34(58-24(2)48)31(23)42(45,7)8/h10-19,28-30,32-35,37,50-51,56H,20-22H2,1-9H3,(H2,46,47,55)/t28?,29-,30+,32-,33+,34+,35-,37-,43+,44-,45+/m0/s1. The second-order valence-corrected chi connectivity index (χ2v) is 18.4. The Hall–Kier alpha value is -5.16. The van der Waals surface area contributed by atoms with Crippen LogP contribution in [-0.4, -0.2) is 111 Å². The van der Waals surface area contributed by atoms with Crippen molar-refractivity contribution in [1.82, 2.24) is 10.6 Å². The van der Waals surface area contributed by atoms with E-state index in [1.165, 1.54) is 26.0 Å². The highest BCUT2D eigenvalue weighted by molar-refractivity contribution is 5.95. The Labute approximate surface area is 354 Å². The van der Waals surface area contributed by atoms with Crippen LogP contribution in [0.4, 0.5) is 4.79 Å². The quantitative estimate of drug-likeness (QED) is 0.138. The number of aliphatic hydroxyl groups is 3. The minimum absolute atomic E-state index is 0.00261. The topological polar surface area (TPSA) is 233 Å². The zero-order valence-corrected chi connectivity index (χ0v) is 35.8. The van der Waals surface area contributed by atoms with Gasteiger partial charge in [0.05, 0.1) is 35.6 Å². The largest absolute Gasteiger partial charge is 0.456 e. The Bertz CT molecular complexity index is 2100. The normalized spacial score (nSPS) is 32.5. The van der Waals surface area contributed by atoms with Crippen molar-refractivity contribution in [1.29, 1.82) is 0 Å². The van der Waals surface area contributed by atoms with E-state index in [0.717, 1.165) is 13.8 Å². The molecule has 2 aromatic rings. The number of Topliss-reactive ketones (excluding diaryl/α,β-unsaturated/α-hetero) is 1. The number of rotatable bonds is 9. The van der Waals surface area contributed by atoms with Gasteiger partial charge in [-0.15, -0.1) is 0 Å². The number of nitrogens with one attached hydrogen (secondary N) is 2. The van der Waals surface area contributed by atoms with E-state index in [9.17, 15) is 39.3 Å². The maximum absolute atomic E-state index is 15.5. The number of amides is 2. The Morgan fingerprint density at radius 1 is 0.902 bits per heavy atom. The fourth-order valence-corrected chi connectivity index (χ4v) is 9.89. The van der Waals surface area contributed by atoms with Crippen molar-refractivity contribution in [3.63, 3.8) is 0 Å². The molecule has 11 atom stereocenters. The average molecular weight is 849 g/mol. The van der Waals surface area contributed by atoms with E-state index in [4.69, 9.17) is 23.7 Å². The van der Waals surface area contributed by atoms with Crippen molar-refractivity contribution < 1.29 is 67.8 Å². The molecule has 0 radical (unpaired) electrons. The molecule has 0 spiro atoms. The molecule has 1 saturated heterocycles. The summed E-state index contributed by atoms with van der Waals surface area (Å²) in [6, 6.07) is 14.0. The van der Waals surface area contributed by atoms with Gasteiger partial charge in [0.1, 0.15) is 23.9 Å². The van der Waals surface area contributed by atoms with Crippen LogP contribution in [0.3, 0.4) is 0 Å². The first-order valence-electron chi connectivity index (χ1n) is 20.3. The number of hydrogen-bond acceptors (Lipinski definition) is 14. The Balaban J connectivity index is 1.54. The van der Waals surface area contributed by atoms with Crippen LogP contribution in [0.5, 0.6) is 0 Å². The number of ketones is 1. The number of esters is 4. The van der Waals surface area contributed by atoms with Crippen LogP contribution in [-0.2, 0) is 42.9 Å². The third-order valence-corrected chi connectivity index (χ3v) is 12.9. The summed E-state index contributed by atoms with van der Waals surface area (Å²) in [6.45, 7) is 13.2. The lowest BCUT2D eigenvalue weighted by molar-refractivity contribution is -0.346. The Morgan fingerprint density at radius 3 is 2.05 bits per heavy atom. The van der Waals surface area contributed by atoms with Gasteiger partial charge < -0.3 is 49.6 Å². The summed E-state index contributed by atoms with van der Waals surface area (Å²) in [5.74, 6) is -6.25. The SMILES string of the molecule is CC(=O)O[C@H]1C(=O)[C@@]2(C)[C@H]([C@H](OC(=O)c3ccccc3)[C@]3(O)CC(OC(=O)[C@H](O)[C@@H](NC(=O)NC(C)(C)C)c4ccccc4)C(C)=C1C3(C)C)[C@]1(OC(C)=O)CO[C@@H]1C[C@@H]2O. The lowest BCUT2D eigenvalue weighted by Crippen LogP contribution is -2.82. The summed E-state index contributed by atoms with van der Waals surface area (Å²) in [5.41, 5.74) is -7.95. The second kappa shape index (κ2) is 16.3. The first-order valence-corrected chi connectivity index (χ1v) is 20.3. The van der Waals surface area contributed by atoms with Crippen LogP contribution >= 0.6 is 0 Å². The van der Waals surface area contributed by atoms with E-state index >= 15 is 4.79 Å². The molecule has 2 saturated carbocycles. The predicted molar refractivity (Wildman–Crippen MR) is 215 cm³/mol. The molecular weight excluding hydrogens is 792 g/mol. The van der Waals surface area contributed by atoms with E-state index in [0.29, 0.717) is 5.56 Å². The zero-order chi connectivity index (χ0) is 45.0. The summed E-state index contributed by atoms with van der Waals surface area (Å²) >= 11 is 0. The van der Waals surface area contributed by atoms with Crippen molar-refractivity contribution in [2.45, 2.75) is 135 Å². The van der Waals surface area contributed by atoms with Gasteiger partial charge in [0.15, 0.2) is 23.6 Å². The number of urea groups is 1. The van der Waals surface area contributed by atoms with E-state index in [1.54, 1.807) is 83.1 Å². The van der Waals surface area contributed by atoms with Gasteiger partial charge in [0, 0.05) is 37.6 Å². The third kappa shape index (κ3) is 7.94. The van der Waals surface area contributed by atoms with Gasteiger partial charge in [0.2, 0.25) is 0 Å². The molecule has 1 heterocycles. The summed E-state index contributed by atoms with van der Waals surface area (Å²) in [6.07, 6.45) is -10.5. The molecule has 2 amide bonds. The molecule has 4 aliphatic rings. The van der Waals surface area contributed by atoms with Crippen LogP contribution in [0.25, 0.3) is 0 Å². The minimum Gasteiger partial charge on any atom is -0.456 e. The summed E-state index contributed by atoms with van der Waals surface area (Å²) in [4.78, 5) is 83.0. The molecule has 6 rings (SSSR count). The number of carbonyl (C=O) groups excluding carboxylic acids is 6. The number of carbonyl (C=O) groups is 6. The first kappa shape index (κ1) is 45.4. The van der Waals surface area contributed by atoms with Crippen molar-refractivity contribution in [3.05, 3.63) is 82.9 Å². The monoisotopic (exact) mass is 848 g/mol. The van der Waals surface area contributed by atoms with Gasteiger partial charge in [-0.3, -0.25) is 14.4 Å². The molecule has 3 fully saturated rings. The second-order valence-electron chi connectivity index (χ2n) is 18.4. The average Bonchev–Trinajstić information content (AvgIpc) is 3.17. The van der Waals surface area contributed by atoms with Gasteiger partial charge in [-0.05, 0) is 63.5 Å². The first-order chi connectivity index (χ1) is 28.4. The number of aliphatic hydroxyl groups excluding tert-OH is 2. The zero-order valence-electron chi connectivity index (χ0n) is 35.8. The van der Waals surface area contributed by atoms with E-state index in [2.05, 4.69) is 10.6 Å². The molecule has 1 unspecified atom stereocenters. The van der Waals surface area contributed by atoms with Crippen molar-refractivity contribution >= 4 is 35.7 Å². The number of benzene rings is 2. The maximum Gasteiger partial charge on any atom is 0.338 e. The Morgan fingerprint density at radius 2 is 1.51 bits per heavy atom. The lowest BCUT2D eigenvalue weighted by Gasteiger charge is -2.67. The van der Waals surface area contributed by atoms with Gasteiger partial charge in [-0.2, -0.15) is 0 Å². The fourth-order valence-electron chi connectivity index (χ4n) is 9.89. The van der Waals surface area contributed by atoms with Crippen LogP contribution in [0.15, 0.2) is 71.8 Å². The highest BCUT2D eigenvalue weighted by atomic mass is 16.6. The number of fused-ring (bicyclic) bond motifs is 5. The molecule has 330 valence electrons. The highest BCUT2D eigenvalue weighted by Gasteiger charge is 2.78. The molecule has 16 nitrogen and oxygen atoms in total. The van der Waals surface area contributed by atoms with Crippen LogP contribution < -0.4 is 10.6 Å². The summed E-state index contributed by atoms with van der Waals surface area (Å²) < 4.78 is 30.2. The molecular formula is C45H56N2O14. The van der Waals surface area contributed by atoms with Crippen LogP contribution in [0.1, 0.15) is 97.1 Å². The highest BCUT2D eigenvalue weighted by Crippen LogP contribution is 2.64. The number of hydrogen-bond donors (Lipinski definition) is 5. The maximum atomic E-state index is 15.5. The fraction of sp³-hybridized carbons (Fsp3) is 0.556. The molecule has 5 N–H and O–H groups in total. The predicted octanol–water partition coefficient (Wildman–Crippen LogP) is 3.40. The van der Waals surface area contributed by atoms with E-state index < -0.39 is 118 Å². The Kier molecular flexibility index (Phi) is 12.1. The van der Waals surface area contributed by atoms with Gasteiger partial charge in [-0.25, -0.2) is 14.4 Å². The molecule has 61 heavy (non-hydrogen) atoms. The van der Waals surface area contributed by atoms with E-state index in [-0.39, 0.29) is 29.7 Å². The molecule has 1 aliphatic heterocycles. The minimum atomic E-state index is -2.39. The molecule has 2 bridgehead atoms. The van der Waals surface area contributed by atoms with E-state index in [1.807, 2.05) is 0 Å². The molecule has 3 aliphatic carbocycles. The van der Waals surface area contributed by atoms with Crippen LogP contribution in [0, 0.1) is 16.7 Å². The van der Waals surface area contributed by atoms with Gasteiger partial charge >= 0.3 is 29.9 Å². The molecule has 2 aromatic carbocycles. The van der Waals surface area contributed by atoms with Crippen molar-refractivity contribution in [2.24, 2.45) is 16.7 Å². The summed E-state index contributed by atoms with van der Waals surface area (Å²) in [7, 11) is 0. The smallest absolute Gasteiger partial charge is 0.338 e. The lowest BCUT2D eigenvalue weighted by atomic mass is 9.44. The third-order valence-electron chi connectivity index (χ3n) is 12.9. The van der Waals surface area contributed by atoms with Crippen molar-refractivity contribution in [2.75, 3.05) is 6.61 Å². The number of ether oxygens (including phenoxy) is 5. The van der Waals surface area contributed by atoms with Gasteiger partial charge in [-0.1, -0.05) is 62.4 Å². The van der Waals surface area contributed by atoms with Gasteiger partial charge in [0.25, 0.3) is 0 Å². The molecule has 16 heteroatoms.